The highest BCUT2D eigenvalue weighted by Gasteiger charge is 2.56. The molecule has 6 heteroatoms. The van der Waals surface area contributed by atoms with Gasteiger partial charge in [0.05, 0.1) is 12.0 Å². The second-order valence-corrected chi connectivity index (χ2v) is 4.92. The molecule has 13 heavy (non-hydrogen) atoms. The van der Waals surface area contributed by atoms with Crippen molar-refractivity contribution < 1.29 is 4.79 Å². The van der Waals surface area contributed by atoms with Gasteiger partial charge in [0.2, 0.25) is 5.91 Å². The van der Waals surface area contributed by atoms with Crippen molar-refractivity contribution in [3.63, 3.8) is 0 Å². The topological polar surface area (TPSA) is 41.1 Å². The maximum absolute atomic E-state index is 11.3. The Morgan fingerprint density at radius 2 is 2.00 bits per heavy atom. The van der Waals surface area contributed by atoms with Crippen molar-refractivity contribution in [3.8, 4) is 0 Å². The lowest BCUT2D eigenvalue weighted by Crippen LogP contribution is -2.57. The number of amides is 1. The normalized spacial score (nSPS) is 29.8. The van der Waals surface area contributed by atoms with Gasteiger partial charge in [-0.05, 0) is 6.42 Å². The van der Waals surface area contributed by atoms with Crippen LogP contribution >= 0.6 is 35.6 Å². The van der Waals surface area contributed by atoms with Gasteiger partial charge in [-0.25, -0.2) is 0 Å². The van der Waals surface area contributed by atoms with Crippen LogP contribution in [-0.4, -0.2) is 29.4 Å². The molecule has 2 aliphatic rings. The third-order valence-corrected chi connectivity index (χ3v) is 3.11. The molecule has 1 heterocycles. The Morgan fingerprint density at radius 3 is 2.31 bits per heavy atom. The standard InChI is InChI=1S/C7H10Cl2N2O.ClH/c8-7(9)1-5(7)6(12)11-4-2-10-3-4;/h4-5,10H,1-3H2,(H,11,12);1H. The fraction of sp³-hybridized carbons (Fsp3) is 0.857. The SMILES string of the molecule is Cl.O=C(NC1CNC1)C1CC1(Cl)Cl. The van der Waals surface area contributed by atoms with Gasteiger partial charge in [-0.2, -0.15) is 0 Å². The molecule has 1 aliphatic carbocycles. The van der Waals surface area contributed by atoms with Gasteiger partial charge < -0.3 is 10.6 Å². The van der Waals surface area contributed by atoms with E-state index in [2.05, 4.69) is 10.6 Å². The number of carbonyl (C=O) groups excluding carboxylic acids is 1. The Labute approximate surface area is 92.9 Å². The molecule has 76 valence electrons. The van der Waals surface area contributed by atoms with Crippen LogP contribution in [0.25, 0.3) is 0 Å². The Hall–Kier alpha value is 0.300. The second-order valence-electron chi connectivity index (χ2n) is 3.38. The van der Waals surface area contributed by atoms with E-state index in [0.717, 1.165) is 13.1 Å². The van der Waals surface area contributed by atoms with Gasteiger partial charge >= 0.3 is 0 Å². The van der Waals surface area contributed by atoms with E-state index in [4.69, 9.17) is 23.2 Å². The summed E-state index contributed by atoms with van der Waals surface area (Å²) >= 11 is 11.5. The molecule has 2 N–H and O–H groups in total. The van der Waals surface area contributed by atoms with Crippen LogP contribution in [0.15, 0.2) is 0 Å². The Kier molecular flexibility index (Phi) is 3.33. The van der Waals surface area contributed by atoms with Crippen LogP contribution in [0.4, 0.5) is 0 Å². The molecule has 2 rings (SSSR count). The minimum atomic E-state index is -0.790. The quantitative estimate of drug-likeness (QED) is 0.703. The molecular formula is C7H11Cl3N2O. The van der Waals surface area contributed by atoms with E-state index in [1.807, 2.05) is 0 Å². The predicted molar refractivity (Wildman–Crippen MR) is 54.6 cm³/mol. The molecule has 1 amide bonds. The molecule has 0 bridgehead atoms. The first-order valence-electron chi connectivity index (χ1n) is 3.98. The molecule has 1 saturated carbocycles. The monoisotopic (exact) mass is 244 g/mol. The summed E-state index contributed by atoms with van der Waals surface area (Å²) < 4.78 is -0.790. The molecule has 1 unspecified atom stereocenters. The van der Waals surface area contributed by atoms with Crippen LogP contribution in [0, 0.1) is 5.92 Å². The molecule has 1 aliphatic heterocycles. The molecule has 0 aromatic rings. The van der Waals surface area contributed by atoms with Gasteiger partial charge in [-0.1, -0.05) is 0 Å². The van der Waals surface area contributed by atoms with Gasteiger partial charge in [-0.3, -0.25) is 4.79 Å². The van der Waals surface area contributed by atoms with Crippen molar-refractivity contribution in [2.75, 3.05) is 13.1 Å². The minimum Gasteiger partial charge on any atom is -0.350 e. The number of hydrogen-bond acceptors (Lipinski definition) is 2. The Balaban J connectivity index is 0.000000845. The number of halogens is 3. The highest BCUT2D eigenvalue weighted by Crippen LogP contribution is 2.53. The molecular weight excluding hydrogens is 234 g/mol. The maximum Gasteiger partial charge on any atom is 0.226 e. The average molecular weight is 246 g/mol. The van der Waals surface area contributed by atoms with Crippen molar-refractivity contribution >= 4 is 41.5 Å². The van der Waals surface area contributed by atoms with Crippen molar-refractivity contribution in [1.29, 1.82) is 0 Å². The lowest BCUT2D eigenvalue weighted by atomic mass is 10.2. The third-order valence-electron chi connectivity index (χ3n) is 2.27. The molecule has 0 radical (unpaired) electrons. The van der Waals surface area contributed by atoms with E-state index in [1.165, 1.54) is 0 Å². The largest absolute Gasteiger partial charge is 0.350 e. The average Bonchev–Trinajstić information content (AvgIpc) is 2.50. The summed E-state index contributed by atoms with van der Waals surface area (Å²) in [7, 11) is 0. The van der Waals surface area contributed by atoms with Crippen molar-refractivity contribution in [2.45, 2.75) is 16.8 Å². The van der Waals surface area contributed by atoms with Crippen molar-refractivity contribution in [2.24, 2.45) is 5.92 Å². The van der Waals surface area contributed by atoms with E-state index in [1.54, 1.807) is 0 Å². The molecule has 0 aromatic carbocycles. The maximum atomic E-state index is 11.3. The van der Waals surface area contributed by atoms with E-state index in [9.17, 15) is 4.79 Å². The number of carbonyl (C=O) groups is 1. The van der Waals surface area contributed by atoms with Crippen LogP contribution in [0.3, 0.4) is 0 Å². The van der Waals surface area contributed by atoms with Crippen molar-refractivity contribution in [1.82, 2.24) is 10.6 Å². The van der Waals surface area contributed by atoms with E-state index < -0.39 is 4.33 Å². The third kappa shape index (κ3) is 2.40. The highest BCUT2D eigenvalue weighted by atomic mass is 35.5. The van der Waals surface area contributed by atoms with Crippen LogP contribution in [0.2, 0.25) is 0 Å². The van der Waals surface area contributed by atoms with Gasteiger partial charge in [0.25, 0.3) is 0 Å². The molecule has 2 fully saturated rings. The van der Waals surface area contributed by atoms with Crippen molar-refractivity contribution in [3.05, 3.63) is 0 Å². The van der Waals surface area contributed by atoms with Gasteiger partial charge in [0.1, 0.15) is 4.33 Å². The highest BCUT2D eigenvalue weighted by molar-refractivity contribution is 6.52. The number of rotatable bonds is 2. The van der Waals surface area contributed by atoms with Crippen LogP contribution in [0.1, 0.15) is 6.42 Å². The van der Waals surface area contributed by atoms with Crippen LogP contribution < -0.4 is 10.6 Å². The molecule has 3 nitrogen and oxygen atoms in total. The Bertz CT molecular complexity index is 218. The van der Waals surface area contributed by atoms with Gasteiger partial charge in [0.15, 0.2) is 0 Å². The Morgan fingerprint density at radius 1 is 1.46 bits per heavy atom. The zero-order valence-electron chi connectivity index (χ0n) is 6.85. The summed E-state index contributed by atoms with van der Waals surface area (Å²) in [4.78, 5) is 11.3. The summed E-state index contributed by atoms with van der Waals surface area (Å²) in [5, 5.41) is 5.93. The van der Waals surface area contributed by atoms with E-state index in [-0.39, 0.29) is 30.3 Å². The molecule has 1 atom stereocenters. The second kappa shape index (κ2) is 3.81. The summed E-state index contributed by atoms with van der Waals surface area (Å²) in [6.07, 6.45) is 0.585. The van der Waals surface area contributed by atoms with Crippen LogP contribution in [-0.2, 0) is 4.79 Å². The first-order chi connectivity index (χ1) is 5.59. The van der Waals surface area contributed by atoms with Gasteiger partial charge in [-0.15, -0.1) is 35.6 Å². The smallest absolute Gasteiger partial charge is 0.226 e. The number of nitrogens with one attached hydrogen (secondary N) is 2. The lowest BCUT2D eigenvalue weighted by Gasteiger charge is -2.28. The fourth-order valence-electron chi connectivity index (χ4n) is 1.19. The first kappa shape index (κ1) is 11.4. The predicted octanol–water partition coefficient (Wildman–Crippen LogP) is 0.690. The zero-order chi connectivity index (χ0) is 8.77. The summed E-state index contributed by atoms with van der Waals surface area (Å²) in [5.41, 5.74) is 0. The number of alkyl halides is 2. The summed E-state index contributed by atoms with van der Waals surface area (Å²) in [6.45, 7) is 1.71. The summed E-state index contributed by atoms with van der Waals surface area (Å²) in [5.74, 6) is -0.201. The number of hydrogen-bond donors (Lipinski definition) is 2. The molecule has 1 saturated heterocycles. The first-order valence-corrected chi connectivity index (χ1v) is 4.74. The van der Waals surface area contributed by atoms with E-state index in [0.29, 0.717) is 6.42 Å². The lowest BCUT2D eigenvalue weighted by molar-refractivity contribution is -0.123. The van der Waals surface area contributed by atoms with Gasteiger partial charge in [0, 0.05) is 13.1 Å². The zero-order valence-corrected chi connectivity index (χ0v) is 9.18. The fourth-order valence-corrected chi connectivity index (χ4v) is 1.70. The minimum absolute atomic E-state index is 0. The molecule has 0 spiro atoms. The summed E-state index contributed by atoms with van der Waals surface area (Å²) in [6, 6.07) is 0.280. The molecule has 0 aromatic heterocycles. The van der Waals surface area contributed by atoms with Crippen LogP contribution in [0.5, 0.6) is 0 Å². The van der Waals surface area contributed by atoms with E-state index >= 15 is 0 Å².